The average Bonchev–Trinajstić information content (AvgIpc) is 2.63. The number of aromatic nitrogens is 3. The van der Waals surface area contributed by atoms with Crippen molar-refractivity contribution in [2.75, 3.05) is 5.32 Å². The van der Waals surface area contributed by atoms with E-state index in [4.69, 9.17) is 0 Å². The van der Waals surface area contributed by atoms with Crippen LogP contribution in [-0.4, -0.2) is 14.5 Å². The molecule has 0 unspecified atom stereocenters. The van der Waals surface area contributed by atoms with Crippen LogP contribution in [0.3, 0.4) is 0 Å². The summed E-state index contributed by atoms with van der Waals surface area (Å²) in [5, 5.41) is 3.29. The summed E-state index contributed by atoms with van der Waals surface area (Å²) >= 11 is 0. The first-order valence-corrected chi connectivity index (χ1v) is 5.92. The van der Waals surface area contributed by atoms with Crippen molar-refractivity contribution in [2.45, 2.75) is 33.7 Å². The molecule has 0 amide bonds. The van der Waals surface area contributed by atoms with Crippen molar-refractivity contribution in [2.24, 2.45) is 0 Å². The Morgan fingerprint density at radius 1 is 1.24 bits per heavy atom. The van der Waals surface area contributed by atoms with Crippen LogP contribution in [-0.2, 0) is 6.54 Å². The number of anilines is 2. The molecule has 0 aliphatic carbocycles. The Hall–Kier alpha value is -1.84. The number of rotatable bonds is 4. The van der Waals surface area contributed by atoms with Crippen molar-refractivity contribution in [3.8, 4) is 0 Å². The molecule has 0 fully saturated rings. The number of pyridine rings is 1. The molecule has 2 aromatic rings. The molecule has 0 radical (unpaired) electrons. The Bertz CT molecular complexity index is 485. The molecule has 2 rings (SSSR count). The van der Waals surface area contributed by atoms with E-state index in [-0.39, 0.29) is 0 Å². The van der Waals surface area contributed by atoms with Gasteiger partial charge in [-0.05, 0) is 32.4 Å². The average molecular weight is 230 g/mol. The van der Waals surface area contributed by atoms with E-state index in [2.05, 4.69) is 33.0 Å². The monoisotopic (exact) mass is 230 g/mol. The molecule has 0 aliphatic rings. The second-order valence-electron chi connectivity index (χ2n) is 4.21. The van der Waals surface area contributed by atoms with Crippen LogP contribution < -0.4 is 5.32 Å². The number of hydrogen-bond donors (Lipinski definition) is 1. The predicted octanol–water partition coefficient (Wildman–Crippen LogP) is 3.05. The van der Waals surface area contributed by atoms with E-state index in [1.54, 1.807) is 0 Å². The van der Waals surface area contributed by atoms with Crippen LogP contribution in [0.4, 0.5) is 11.6 Å². The van der Waals surface area contributed by atoms with Gasteiger partial charge in [-0.2, -0.15) is 0 Å². The number of aryl methyl sites for hydroxylation is 3. The van der Waals surface area contributed by atoms with Crippen LogP contribution in [0.1, 0.15) is 24.7 Å². The Kier molecular flexibility index (Phi) is 3.42. The fraction of sp³-hybridized carbons (Fsp3) is 0.385. The van der Waals surface area contributed by atoms with Crippen molar-refractivity contribution >= 4 is 11.6 Å². The molecule has 90 valence electrons. The summed E-state index contributed by atoms with van der Waals surface area (Å²) < 4.78 is 2.13. The normalized spacial score (nSPS) is 10.5. The summed E-state index contributed by atoms with van der Waals surface area (Å²) in [5.41, 5.74) is 3.02. The van der Waals surface area contributed by atoms with E-state index >= 15 is 0 Å². The second kappa shape index (κ2) is 4.99. The van der Waals surface area contributed by atoms with E-state index in [1.807, 2.05) is 32.2 Å². The lowest BCUT2D eigenvalue weighted by Gasteiger charge is -2.08. The molecule has 4 heteroatoms. The topological polar surface area (TPSA) is 42.7 Å². The summed E-state index contributed by atoms with van der Waals surface area (Å²) in [6.45, 7) is 7.12. The lowest BCUT2D eigenvalue weighted by Crippen LogP contribution is -2.02. The van der Waals surface area contributed by atoms with E-state index in [9.17, 15) is 0 Å². The largest absolute Gasteiger partial charge is 0.324 e. The fourth-order valence-corrected chi connectivity index (χ4v) is 1.73. The minimum absolute atomic E-state index is 0.884. The van der Waals surface area contributed by atoms with Crippen LogP contribution in [0.15, 0.2) is 24.5 Å². The maximum Gasteiger partial charge on any atom is 0.207 e. The highest BCUT2D eigenvalue weighted by atomic mass is 15.2. The highest BCUT2D eigenvalue weighted by Crippen LogP contribution is 2.16. The summed E-state index contributed by atoms with van der Waals surface area (Å²) in [6, 6.07) is 4.00. The van der Waals surface area contributed by atoms with Gasteiger partial charge in [0.1, 0.15) is 0 Å². The predicted molar refractivity (Wildman–Crippen MR) is 69.5 cm³/mol. The molecular weight excluding hydrogens is 212 g/mol. The zero-order chi connectivity index (χ0) is 12.3. The van der Waals surface area contributed by atoms with Crippen LogP contribution in [0.25, 0.3) is 0 Å². The Morgan fingerprint density at radius 2 is 2.06 bits per heavy atom. The Balaban J connectivity index is 2.20. The minimum atomic E-state index is 0.884. The molecule has 0 bridgehead atoms. The molecule has 0 atom stereocenters. The zero-order valence-electron chi connectivity index (χ0n) is 10.6. The highest BCUT2D eigenvalue weighted by Gasteiger charge is 2.05. The second-order valence-corrected chi connectivity index (χ2v) is 4.21. The van der Waals surface area contributed by atoms with Gasteiger partial charge in [0.2, 0.25) is 5.95 Å². The Labute approximate surface area is 102 Å². The molecular formula is C13H18N4. The van der Waals surface area contributed by atoms with Gasteiger partial charge in [0, 0.05) is 18.4 Å². The van der Waals surface area contributed by atoms with Gasteiger partial charge in [0.15, 0.2) is 0 Å². The standard InChI is InChI=1S/C13H18N4/c1-4-7-17-9-11(3)15-13(17)16-12-6-5-10(2)14-8-12/h5-6,8-9H,4,7H2,1-3H3,(H,15,16). The van der Waals surface area contributed by atoms with Crippen LogP contribution >= 0.6 is 0 Å². The van der Waals surface area contributed by atoms with E-state index in [0.29, 0.717) is 0 Å². The molecule has 0 saturated heterocycles. The van der Waals surface area contributed by atoms with Gasteiger partial charge in [-0.15, -0.1) is 0 Å². The number of imidazole rings is 1. The van der Waals surface area contributed by atoms with Crippen LogP contribution in [0.5, 0.6) is 0 Å². The third-order valence-electron chi connectivity index (χ3n) is 2.53. The molecule has 17 heavy (non-hydrogen) atoms. The Morgan fingerprint density at radius 3 is 2.71 bits per heavy atom. The van der Waals surface area contributed by atoms with Gasteiger partial charge >= 0.3 is 0 Å². The van der Waals surface area contributed by atoms with Crippen molar-refractivity contribution < 1.29 is 0 Å². The quantitative estimate of drug-likeness (QED) is 0.877. The summed E-state index contributed by atoms with van der Waals surface area (Å²) in [5.74, 6) is 0.884. The molecule has 4 nitrogen and oxygen atoms in total. The maximum absolute atomic E-state index is 4.47. The smallest absolute Gasteiger partial charge is 0.207 e. The lowest BCUT2D eigenvalue weighted by atomic mass is 10.3. The molecule has 2 heterocycles. The third-order valence-corrected chi connectivity index (χ3v) is 2.53. The number of hydrogen-bond acceptors (Lipinski definition) is 3. The van der Waals surface area contributed by atoms with Crippen LogP contribution in [0, 0.1) is 13.8 Å². The summed E-state index contributed by atoms with van der Waals surface area (Å²) in [6.07, 6.45) is 4.99. The SMILES string of the molecule is CCCn1cc(C)nc1Nc1ccc(C)nc1. The van der Waals surface area contributed by atoms with Crippen molar-refractivity contribution in [3.05, 3.63) is 35.9 Å². The van der Waals surface area contributed by atoms with Gasteiger partial charge < -0.3 is 9.88 Å². The number of nitrogens with one attached hydrogen (secondary N) is 1. The van der Waals surface area contributed by atoms with Gasteiger partial charge in [-0.25, -0.2) is 4.98 Å². The molecule has 2 aromatic heterocycles. The molecule has 1 N–H and O–H groups in total. The first-order valence-electron chi connectivity index (χ1n) is 5.92. The van der Waals surface area contributed by atoms with Crippen molar-refractivity contribution in [1.29, 1.82) is 0 Å². The number of nitrogens with zero attached hydrogens (tertiary/aromatic N) is 3. The van der Waals surface area contributed by atoms with Crippen LogP contribution in [0.2, 0.25) is 0 Å². The molecule has 0 spiro atoms. The molecule has 0 saturated carbocycles. The highest BCUT2D eigenvalue weighted by molar-refractivity contribution is 5.52. The summed E-state index contributed by atoms with van der Waals surface area (Å²) in [7, 11) is 0. The molecule has 0 aromatic carbocycles. The van der Waals surface area contributed by atoms with Crippen molar-refractivity contribution in [3.63, 3.8) is 0 Å². The van der Waals surface area contributed by atoms with Gasteiger partial charge in [-0.1, -0.05) is 6.92 Å². The van der Waals surface area contributed by atoms with Gasteiger partial charge in [0.25, 0.3) is 0 Å². The zero-order valence-corrected chi connectivity index (χ0v) is 10.6. The van der Waals surface area contributed by atoms with E-state index in [1.165, 1.54) is 0 Å². The third kappa shape index (κ3) is 2.84. The maximum atomic E-state index is 4.47. The first-order chi connectivity index (χ1) is 8.19. The van der Waals surface area contributed by atoms with Gasteiger partial charge in [0.05, 0.1) is 17.6 Å². The fourth-order valence-electron chi connectivity index (χ4n) is 1.73. The lowest BCUT2D eigenvalue weighted by molar-refractivity contribution is 0.686. The van der Waals surface area contributed by atoms with E-state index < -0.39 is 0 Å². The molecule has 0 aliphatic heterocycles. The first kappa shape index (κ1) is 11.6. The minimum Gasteiger partial charge on any atom is -0.324 e. The van der Waals surface area contributed by atoms with E-state index in [0.717, 1.165) is 36.0 Å². The summed E-state index contributed by atoms with van der Waals surface area (Å²) in [4.78, 5) is 8.73. The van der Waals surface area contributed by atoms with Crippen molar-refractivity contribution in [1.82, 2.24) is 14.5 Å². The van der Waals surface area contributed by atoms with Gasteiger partial charge in [-0.3, -0.25) is 4.98 Å².